The molecule has 7 heteroatoms. The zero-order valence-corrected chi connectivity index (χ0v) is 23.9. The van der Waals surface area contributed by atoms with E-state index in [1.165, 1.54) is 83.5 Å². The lowest BCUT2D eigenvalue weighted by Gasteiger charge is -2.35. The molecule has 33 heavy (non-hydrogen) atoms. The van der Waals surface area contributed by atoms with Gasteiger partial charge in [-0.1, -0.05) is 96.8 Å². The second kappa shape index (κ2) is 21.3. The minimum Gasteiger partial charge on any atom is -0.377 e. The van der Waals surface area contributed by atoms with Gasteiger partial charge in [0.05, 0.1) is 0 Å². The summed E-state index contributed by atoms with van der Waals surface area (Å²) in [6, 6.07) is 0.759. The summed E-state index contributed by atoms with van der Waals surface area (Å²) in [5.74, 6) is -0.921. The fourth-order valence-corrected chi connectivity index (χ4v) is 6.42. The number of ether oxygens (including phenoxy) is 2. The average Bonchev–Trinajstić information content (AvgIpc) is 2.85. The molecule has 0 fully saturated rings. The fourth-order valence-electron chi connectivity index (χ4n) is 4.67. The highest BCUT2D eigenvalue weighted by atomic mass is 28.4. The number of rotatable bonds is 25. The van der Waals surface area contributed by atoms with Gasteiger partial charge >= 0.3 is 8.80 Å². The van der Waals surface area contributed by atoms with Gasteiger partial charge in [0, 0.05) is 47.5 Å². The van der Waals surface area contributed by atoms with Gasteiger partial charge in [0.25, 0.3) is 0 Å². The van der Waals surface area contributed by atoms with Crippen LogP contribution in [0.4, 0.5) is 0 Å². The molecule has 0 saturated heterocycles. The second-order valence-corrected chi connectivity index (χ2v) is 12.5. The molecule has 1 atom stereocenters. The SMILES string of the molecule is CCCCCCCCCCCCCCCCC(CCC[Si](OC)(OC)OC)C(N)(OC)OC. The lowest BCUT2D eigenvalue weighted by Crippen LogP contribution is -2.51. The van der Waals surface area contributed by atoms with Crippen LogP contribution in [-0.2, 0) is 22.8 Å². The van der Waals surface area contributed by atoms with Crippen molar-refractivity contribution in [2.45, 2.75) is 128 Å². The monoisotopic (exact) mass is 491 g/mol. The Bertz CT molecular complexity index is 411. The van der Waals surface area contributed by atoms with Gasteiger partial charge in [-0.15, -0.1) is 0 Å². The van der Waals surface area contributed by atoms with Crippen LogP contribution in [0.5, 0.6) is 0 Å². The van der Waals surface area contributed by atoms with Crippen LogP contribution in [0, 0.1) is 5.92 Å². The molecule has 200 valence electrons. The molecule has 0 aliphatic rings. The molecule has 0 aromatic heterocycles. The highest BCUT2D eigenvalue weighted by molar-refractivity contribution is 6.60. The van der Waals surface area contributed by atoms with Crippen molar-refractivity contribution in [3.05, 3.63) is 0 Å². The maximum absolute atomic E-state index is 6.42. The Morgan fingerprint density at radius 3 is 1.30 bits per heavy atom. The third-order valence-electron chi connectivity index (χ3n) is 7.08. The first-order valence-electron chi connectivity index (χ1n) is 13.5. The van der Waals surface area contributed by atoms with Crippen molar-refractivity contribution in [2.75, 3.05) is 35.5 Å². The maximum Gasteiger partial charge on any atom is 0.500 e. The molecule has 0 radical (unpaired) electrons. The molecule has 0 saturated carbocycles. The van der Waals surface area contributed by atoms with E-state index in [0.29, 0.717) is 0 Å². The van der Waals surface area contributed by atoms with Crippen molar-refractivity contribution in [1.29, 1.82) is 0 Å². The number of methoxy groups -OCH3 is 2. The van der Waals surface area contributed by atoms with Gasteiger partial charge in [0.15, 0.2) is 0 Å². The summed E-state index contributed by atoms with van der Waals surface area (Å²) in [5, 5.41) is 0. The van der Waals surface area contributed by atoms with Crippen molar-refractivity contribution in [2.24, 2.45) is 11.7 Å². The molecule has 6 nitrogen and oxygen atoms in total. The molecule has 1 unspecified atom stereocenters. The smallest absolute Gasteiger partial charge is 0.377 e. The summed E-state index contributed by atoms with van der Waals surface area (Å²) in [4.78, 5) is 0. The normalized spacial score (nSPS) is 13.5. The highest BCUT2D eigenvalue weighted by Gasteiger charge is 2.39. The van der Waals surface area contributed by atoms with Crippen LogP contribution in [0.3, 0.4) is 0 Å². The van der Waals surface area contributed by atoms with Crippen molar-refractivity contribution in [3.63, 3.8) is 0 Å². The summed E-state index contributed by atoms with van der Waals surface area (Å²) in [7, 11) is 5.66. The largest absolute Gasteiger partial charge is 0.500 e. The molecule has 0 amide bonds. The lowest BCUT2D eigenvalue weighted by atomic mass is 9.92. The second-order valence-electron chi connectivity index (χ2n) is 9.40. The lowest BCUT2D eigenvalue weighted by molar-refractivity contribution is -0.239. The van der Waals surface area contributed by atoms with Crippen LogP contribution >= 0.6 is 0 Å². The number of hydrogen-bond acceptors (Lipinski definition) is 6. The minimum atomic E-state index is -2.56. The molecule has 0 aromatic rings. The minimum absolute atomic E-state index is 0.127. The number of unbranched alkanes of at least 4 members (excludes halogenated alkanes) is 13. The number of hydrogen-bond donors (Lipinski definition) is 1. The maximum atomic E-state index is 6.42. The van der Waals surface area contributed by atoms with E-state index in [1.807, 2.05) is 0 Å². The molecule has 0 rings (SSSR count). The standard InChI is InChI=1S/C26H57NO5Si/c1-7-8-9-10-11-12-13-14-15-16-17-18-19-20-22-25(26(27,28-2)29-3)23-21-24-33(30-4,31-5)32-6/h25H,7-24,27H2,1-6H3. The molecule has 0 spiro atoms. The summed E-state index contributed by atoms with van der Waals surface area (Å²) in [5.41, 5.74) is 6.42. The summed E-state index contributed by atoms with van der Waals surface area (Å²) < 4.78 is 27.7. The molecule has 0 aliphatic heterocycles. The van der Waals surface area contributed by atoms with Crippen molar-refractivity contribution < 1.29 is 22.8 Å². The van der Waals surface area contributed by atoms with Crippen molar-refractivity contribution in [3.8, 4) is 0 Å². The van der Waals surface area contributed by atoms with Crippen molar-refractivity contribution >= 4 is 8.80 Å². The highest BCUT2D eigenvalue weighted by Crippen LogP contribution is 2.30. The summed E-state index contributed by atoms with van der Waals surface area (Å²) >= 11 is 0. The topological polar surface area (TPSA) is 72.2 Å². The van der Waals surface area contributed by atoms with E-state index < -0.39 is 14.7 Å². The summed E-state index contributed by atoms with van der Waals surface area (Å²) in [6.07, 6.45) is 21.8. The Labute approximate surface area is 207 Å². The Morgan fingerprint density at radius 1 is 0.576 bits per heavy atom. The van der Waals surface area contributed by atoms with E-state index in [0.717, 1.165) is 31.7 Å². The van der Waals surface area contributed by atoms with E-state index in [-0.39, 0.29) is 5.92 Å². The Balaban J connectivity index is 4.07. The Hall–Kier alpha value is -0.0231. The predicted molar refractivity (Wildman–Crippen MR) is 140 cm³/mol. The molecule has 0 aliphatic carbocycles. The van der Waals surface area contributed by atoms with E-state index >= 15 is 0 Å². The molecular weight excluding hydrogens is 434 g/mol. The molecule has 0 aromatic carbocycles. The Morgan fingerprint density at radius 2 is 0.939 bits per heavy atom. The zero-order valence-electron chi connectivity index (χ0n) is 22.9. The first-order valence-corrected chi connectivity index (χ1v) is 15.4. The van der Waals surface area contributed by atoms with Gasteiger partial charge in [-0.2, -0.15) is 0 Å². The molecule has 0 bridgehead atoms. The number of nitrogens with two attached hydrogens (primary N) is 1. The van der Waals surface area contributed by atoms with Crippen LogP contribution in [-0.4, -0.2) is 50.3 Å². The fraction of sp³-hybridized carbons (Fsp3) is 1.00. The third-order valence-corrected chi connectivity index (χ3v) is 9.91. The van der Waals surface area contributed by atoms with Crippen LogP contribution in [0.1, 0.15) is 116 Å². The van der Waals surface area contributed by atoms with Crippen LogP contribution < -0.4 is 5.73 Å². The predicted octanol–water partition coefficient (Wildman–Crippen LogP) is 7.04. The van der Waals surface area contributed by atoms with Crippen LogP contribution in [0.15, 0.2) is 0 Å². The van der Waals surface area contributed by atoms with Gasteiger partial charge in [0.1, 0.15) is 0 Å². The first-order chi connectivity index (χ1) is 16.0. The molecule has 2 N–H and O–H groups in total. The van der Waals surface area contributed by atoms with E-state index in [9.17, 15) is 0 Å². The van der Waals surface area contributed by atoms with E-state index in [4.69, 9.17) is 28.5 Å². The van der Waals surface area contributed by atoms with Crippen LogP contribution in [0.25, 0.3) is 0 Å². The molecular formula is C26H57NO5Si. The van der Waals surface area contributed by atoms with Crippen molar-refractivity contribution in [1.82, 2.24) is 0 Å². The molecule has 0 heterocycles. The van der Waals surface area contributed by atoms with Gasteiger partial charge < -0.3 is 22.8 Å². The average molecular weight is 492 g/mol. The third kappa shape index (κ3) is 14.9. The Kier molecular flexibility index (Phi) is 21.3. The van der Waals surface area contributed by atoms with Gasteiger partial charge in [0.2, 0.25) is 5.91 Å². The zero-order chi connectivity index (χ0) is 24.8. The van der Waals surface area contributed by atoms with E-state index in [1.54, 1.807) is 35.5 Å². The van der Waals surface area contributed by atoms with Gasteiger partial charge in [-0.25, -0.2) is 0 Å². The van der Waals surface area contributed by atoms with Gasteiger partial charge in [-0.3, -0.25) is 5.73 Å². The first kappa shape index (κ1) is 33.0. The van der Waals surface area contributed by atoms with E-state index in [2.05, 4.69) is 6.92 Å². The van der Waals surface area contributed by atoms with Gasteiger partial charge in [-0.05, 0) is 19.3 Å². The summed E-state index contributed by atoms with van der Waals surface area (Å²) in [6.45, 7) is 2.28. The van der Waals surface area contributed by atoms with Crippen LogP contribution in [0.2, 0.25) is 6.04 Å². The quantitative estimate of drug-likeness (QED) is 0.0839.